The molecule has 0 aliphatic rings. The second kappa shape index (κ2) is 8.48. The van der Waals surface area contributed by atoms with Crippen molar-refractivity contribution in [3.63, 3.8) is 0 Å². The molecule has 0 radical (unpaired) electrons. The molecule has 0 fully saturated rings. The van der Waals surface area contributed by atoms with E-state index in [1.807, 2.05) is 48.5 Å². The summed E-state index contributed by atoms with van der Waals surface area (Å²) in [5, 5.41) is 6.98. The van der Waals surface area contributed by atoms with Crippen molar-refractivity contribution in [3.05, 3.63) is 78.6 Å². The van der Waals surface area contributed by atoms with Gasteiger partial charge < -0.3 is 20.1 Å². The topological polar surface area (TPSA) is 85.4 Å². The molecule has 0 bridgehead atoms. The van der Waals surface area contributed by atoms with Gasteiger partial charge in [-0.05, 0) is 36.4 Å². The Hall–Kier alpha value is -4.13. The van der Waals surface area contributed by atoms with E-state index in [1.54, 1.807) is 32.4 Å². The quantitative estimate of drug-likeness (QED) is 0.490. The predicted molar refractivity (Wildman–Crippen MR) is 117 cm³/mol. The number of aromatic nitrogens is 2. The highest BCUT2D eigenvalue weighted by molar-refractivity contribution is 6.04. The number of hydrogen-bond donors (Lipinski definition) is 2. The highest BCUT2D eigenvalue weighted by Crippen LogP contribution is 2.34. The number of anilines is 3. The minimum Gasteiger partial charge on any atom is -0.493 e. The van der Waals surface area contributed by atoms with Crippen molar-refractivity contribution in [2.45, 2.75) is 0 Å². The molecule has 1 heterocycles. The number of carbonyl (C=O) groups excluding carboxylic acids is 1. The molecule has 0 spiro atoms. The molecule has 0 unspecified atom stereocenters. The molecular formula is C23H20N4O3. The number of rotatable bonds is 6. The third-order valence-electron chi connectivity index (χ3n) is 4.56. The molecule has 150 valence electrons. The standard InChI is InChI=1S/C23H20N4O3/c1-29-20-12-18-19(13-21(20)30-2)24-14-25-22(18)26-16-9-6-10-17(11-16)27-23(28)15-7-4-3-5-8-15/h3-14H,1-2H3,(H,27,28)(H,24,25,26). The number of ether oxygens (including phenoxy) is 2. The van der Waals surface area contributed by atoms with Crippen LogP contribution in [-0.4, -0.2) is 30.1 Å². The number of nitrogens with one attached hydrogen (secondary N) is 2. The molecule has 0 aliphatic carbocycles. The summed E-state index contributed by atoms with van der Waals surface area (Å²) in [5.74, 6) is 1.64. The smallest absolute Gasteiger partial charge is 0.255 e. The van der Waals surface area contributed by atoms with E-state index in [-0.39, 0.29) is 5.91 Å². The molecule has 7 heteroatoms. The lowest BCUT2D eigenvalue weighted by atomic mass is 10.2. The van der Waals surface area contributed by atoms with Gasteiger partial charge in [-0.3, -0.25) is 4.79 Å². The Morgan fingerprint density at radius 3 is 2.33 bits per heavy atom. The maximum atomic E-state index is 12.4. The van der Waals surface area contributed by atoms with E-state index in [4.69, 9.17) is 9.47 Å². The van der Waals surface area contributed by atoms with Crippen LogP contribution in [0, 0.1) is 0 Å². The van der Waals surface area contributed by atoms with E-state index >= 15 is 0 Å². The number of benzene rings is 3. The maximum Gasteiger partial charge on any atom is 0.255 e. The van der Waals surface area contributed by atoms with Gasteiger partial charge in [-0.15, -0.1) is 0 Å². The molecule has 0 atom stereocenters. The van der Waals surface area contributed by atoms with Crippen LogP contribution in [0.4, 0.5) is 17.2 Å². The maximum absolute atomic E-state index is 12.4. The lowest BCUT2D eigenvalue weighted by Crippen LogP contribution is -2.11. The molecule has 1 amide bonds. The van der Waals surface area contributed by atoms with E-state index in [0.29, 0.717) is 28.6 Å². The molecule has 4 aromatic rings. The molecule has 30 heavy (non-hydrogen) atoms. The average molecular weight is 400 g/mol. The number of carbonyl (C=O) groups is 1. The highest BCUT2D eigenvalue weighted by Gasteiger charge is 2.12. The highest BCUT2D eigenvalue weighted by atomic mass is 16.5. The predicted octanol–water partition coefficient (Wildman–Crippen LogP) is 4.64. The molecule has 1 aromatic heterocycles. The fraction of sp³-hybridized carbons (Fsp3) is 0.0870. The summed E-state index contributed by atoms with van der Waals surface area (Å²) in [6.45, 7) is 0. The van der Waals surface area contributed by atoms with Gasteiger partial charge in [-0.25, -0.2) is 9.97 Å². The largest absolute Gasteiger partial charge is 0.493 e. The van der Waals surface area contributed by atoms with Crippen LogP contribution >= 0.6 is 0 Å². The Bertz CT molecular complexity index is 1200. The van der Waals surface area contributed by atoms with Crippen LogP contribution in [-0.2, 0) is 0 Å². The van der Waals surface area contributed by atoms with Gasteiger partial charge in [0.1, 0.15) is 12.1 Å². The van der Waals surface area contributed by atoms with Crippen LogP contribution in [0.15, 0.2) is 73.1 Å². The fourth-order valence-electron chi connectivity index (χ4n) is 3.09. The summed E-state index contributed by atoms with van der Waals surface area (Å²) in [7, 11) is 3.17. The van der Waals surface area contributed by atoms with Crippen molar-refractivity contribution in [2.75, 3.05) is 24.9 Å². The molecular weight excluding hydrogens is 380 g/mol. The van der Waals surface area contributed by atoms with Crippen LogP contribution < -0.4 is 20.1 Å². The Balaban J connectivity index is 1.61. The zero-order valence-electron chi connectivity index (χ0n) is 16.5. The Morgan fingerprint density at radius 1 is 0.833 bits per heavy atom. The summed E-state index contributed by atoms with van der Waals surface area (Å²) in [6, 6.07) is 20.1. The second-order valence-electron chi connectivity index (χ2n) is 6.47. The molecule has 3 aromatic carbocycles. The van der Waals surface area contributed by atoms with Gasteiger partial charge >= 0.3 is 0 Å². The first kappa shape index (κ1) is 19.2. The number of hydrogen-bond acceptors (Lipinski definition) is 6. The normalized spacial score (nSPS) is 10.5. The molecule has 2 N–H and O–H groups in total. The lowest BCUT2D eigenvalue weighted by molar-refractivity contribution is 0.102. The van der Waals surface area contributed by atoms with Crippen LogP contribution in [0.25, 0.3) is 10.9 Å². The minimum absolute atomic E-state index is 0.169. The van der Waals surface area contributed by atoms with Gasteiger partial charge in [0.15, 0.2) is 11.5 Å². The summed E-state index contributed by atoms with van der Waals surface area (Å²) in [6.07, 6.45) is 1.48. The van der Waals surface area contributed by atoms with Crippen molar-refractivity contribution >= 4 is 34.0 Å². The van der Waals surface area contributed by atoms with Crippen molar-refractivity contribution in [2.24, 2.45) is 0 Å². The van der Waals surface area contributed by atoms with E-state index in [0.717, 1.165) is 16.6 Å². The average Bonchev–Trinajstić information content (AvgIpc) is 2.79. The van der Waals surface area contributed by atoms with E-state index < -0.39 is 0 Å². The first-order valence-electron chi connectivity index (χ1n) is 9.28. The number of nitrogens with zero attached hydrogens (tertiary/aromatic N) is 2. The van der Waals surface area contributed by atoms with Gasteiger partial charge in [-0.1, -0.05) is 24.3 Å². The fourth-order valence-corrected chi connectivity index (χ4v) is 3.09. The monoisotopic (exact) mass is 400 g/mol. The van der Waals surface area contributed by atoms with Crippen LogP contribution in [0.1, 0.15) is 10.4 Å². The summed E-state index contributed by atoms with van der Waals surface area (Å²) >= 11 is 0. The van der Waals surface area contributed by atoms with Crippen molar-refractivity contribution < 1.29 is 14.3 Å². The number of methoxy groups -OCH3 is 2. The van der Waals surface area contributed by atoms with Gasteiger partial charge in [0, 0.05) is 28.4 Å². The third-order valence-corrected chi connectivity index (χ3v) is 4.56. The molecule has 4 rings (SSSR count). The minimum atomic E-state index is -0.169. The Labute approximate surface area is 173 Å². The molecule has 0 saturated carbocycles. The first-order valence-corrected chi connectivity index (χ1v) is 9.28. The van der Waals surface area contributed by atoms with E-state index in [1.165, 1.54) is 6.33 Å². The zero-order valence-corrected chi connectivity index (χ0v) is 16.5. The zero-order chi connectivity index (χ0) is 20.9. The van der Waals surface area contributed by atoms with E-state index in [9.17, 15) is 4.79 Å². The lowest BCUT2D eigenvalue weighted by Gasteiger charge is -2.13. The molecule has 0 saturated heterocycles. The summed E-state index contributed by atoms with van der Waals surface area (Å²) in [5.41, 5.74) is 2.76. The second-order valence-corrected chi connectivity index (χ2v) is 6.47. The van der Waals surface area contributed by atoms with Gasteiger partial charge in [0.25, 0.3) is 5.91 Å². The van der Waals surface area contributed by atoms with Crippen LogP contribution in [0.3, 0.4) is 0 Å². The number of amides is 1. The van der Waals surface area contributed by atoms with Crippen LogP contribution in [0.5, 0.6) is 11.5 Å². The van der Waals surface area contributed by atoms with Crippen molar-refractivity contribution in [1.29, 1.82) is 0 Å². The Kier molecular flexibility index (Phi) is 5.43. The van der Waals surface area contributed by atoms with Gasteiger partial charge in [-0.2, -0.15) is 0 Å². The Morgan fingerprint density at radius 2 is 1.57 bits per heavy atom. The van der Waals surface area contributed by atoms with Gasteiger partial charge in [0.05, 0.1) is 19.7 Å². The van der Waals surface area contributed by atoms with Crippen molar-refractivity contribution in [1.82, 2.24) is 9.97 Å². The van der Waals surface area contributed by atoms with Gasteiger partial charge in [0.2, 0.25) is 0 Å². The van der Waals surface area contributed by atoms with E-state index in [2.05, 4.69) is 20.6 Å². The summed E-state index contributed by atoms with van der Waals surface area (Å²) in [4.78, 5) is 21.1. The third kappa shape index (κ3) is 4.00. The number of fused-ring (bicyclic) bond motifs is 1. The molecule has 7 nitrogen and oxygen atoms in total. The van der Waals surface area contributed by atoms with Crippen molar-refractivity contribution in [3.8, 4) is 11.5 Å². The molecule has 0 aliphatic heterocycles. The SMILES string of the molecule is COc1cc2ncnc(Nc3cccc(NC(=O)c4ccccc4)c3)c2cc1OC. The van der Waals surface area contributed by atoms with Crippen LogP contribution in [0.2, 0.25) is 0 Å². The summed E-state index contributed by atoms with van der Waals surface area (Å²) < 4.78 is 10.7. The first-order chi connectivity index (χ1) is 14.7.